The van der Waals surface area contributed by atoms with Gasteiger partial charge in [0.15, 0.2) is 6.61 Å². The summed E-state index contributed by atoms with van der Waals surface area (Å²) in [7, 11) is 1.52. The van der Waals surface area contributed by atoms with Gasteiger partial charge in [-0.15, -0.1) is 11.3 Å². The Bertz CT molecular complexity index is 467. The molecule has 5 heteroatoms. The van der Waals surface area contributed by atoms with E-state index < -0.39 is 5.97 Å². The van der Waals surface area contributed by atoms with Gasteiger partial charge in [-0.3, -0.25) is 4.79 Å². The van der Waals surface area contributed by atoms with E-state index >= 15 is 0 Å². The molecule has 0 fully saturated rings. The van der Waals surface area contributed by atoms with Crippen LogP contribution in [0.5, 0.6) is 0 Å². The van der Waals surface area contributed by atoms with Crippen LogP contribution in [0.15, 0.2) is 6.07 Å². The lowest BCUT2D eigenvalue weighted by atomic mass is 9.90. The Balaban J connectivity index is 2.01. The van der Waals surface area contributed by atoms with Crippen LogP contribution < -0.4 is 5.32 Å². The molecule has 2 rings (SSSR count). The Morgan fingerprint density at radius 1 is 1.56 bits per heavy atom. The minimum Gasteiger partial charge on any atom is -0.451 e. The van der Waals surface area contributed by atoms with Gasteiger partial charge in [0, 0.05) is 11.9 Å². The van der Waals surface area contributed by atoms with E-state index in [4.69, 9.17) is 4.74 Å². The average Bonchev–Trinajstić information content (AvgIpc) is 2.78. The predicted molar refractivity (Wildman–Crippen MR) is 69.9 cm³/mol. The van der Waals surface area contributed by atoms with Gasteiger partial charge in [-0.05, 0) is 36.8 Å². The largest absolute Gasteiger partial charge is 0.451 e. The van der Waals surface area contributed by atoms with Gasteiger partial charge in [-0.1, -0.05) is 6.92 Å². The molecule has 1 N–H and O–H groups in total. The maximum Gasteiger partial charge on any atom is 0.348 e. The van der Waals surface area contributed by atoms with Gasteiger partial charge in [0.25, 0.3) is 5.91 Å². The number of amides is 1. The molecule has 98 valence electrons. The summed E-state index contributed by atoms with van der Waals surface area (Å²) in [6.45, 7) is 2.01. The monoisotopic (exact) mass is 267 g/mol. The van der Waals surface area contributed by atoms with Crippen molar-refractivity contribution in [2.45, 2.75) is 26.2 Å². The number of fused-ring (bicyclic) bond motifs is 1. The molecular formula is C13H17NO3S. The molecule has 0 unspecified atom stereocenters. The molecular weight excluding hydrogens is 250 g/mol. The second kappa shape index (κ2) is 5.52. The third kappa shape index (κ3) is 2.90. The lowest BCUT2D eigenvalue weighted by Crippen LogP contribution is -2.24. The summed E-state index contributed by atoms with van der Waals surface area (Å²) < 4.78 is 4.94. The van der Waals surface area contributed by atoms with Gasteiger partial charge in [0.2, 0.25) is 0 Å². The van der Waals surface area contributed by atoms with Crippen LogP contribution in [0, 0.1) is 5.92 Å². The second-order valence-electron chi connectivity index (χ2n) is 4.66. The van der Waals surface area contributed by atoms with Crippen molar-refractivity contribution in [1.29, 1.82) is 0 Å². The molecule has 1 amide bonds. The molecule has 0 spiro atoms. The maximum atomic E-state index is 11.8. The van der Waals surface area contributed by atoms with Crippen molar-refractivity contribution in [3.8, 4) is 0 Å². The molecule has 18 heavy (non-hydrogen) atoms. The predicted octanol–water partition coefficient (Wildman–Crippen LogP) is 1.78. The van der Waals surface area contributed by atoms with E-state index in [0.717, 1.165) is 12.8 Å². The highest BCUT2D eigenvalue weighted by Crippen LogP contribution is 2.32. The van der Waals surface area contributed by atoms with Crippen LogP contribution in [-0.4, -0.2) is 25.5 Å². The zero-order valence-corrected chi connectivity index (χ0v) is 11.4. The normalized spacial score (nSPS) is 18.0. The molecule has 4 nitrogen and oxygen atoms in total. The van der Waals surface area contributed by atoms with E-state index in [-0.39, 0.29) is 12.5 Å². The Kier molecular flexibility index (Phi) is 4.01. The third-order valence-corrected chi connectivity index (χ3v) is 4.36. The quantitative estimate of drug-likeness (QED) is 0.849. The van der Waals surface area contributed by atoms with E-state index in [1.165, 1.54) is 35.2 Å². The average molecular weight is 267 g/mol. The molecule has 1 aliphatic rings. The summed E-state index contributed by atoms with van der Waals surface area (Å²) in [5.74, 6) is -0.00853. The molecule has 1 aliphatic carbocycles. The number of nitrogens with one attached hydrogen (secondary N) is 1. The van der Waals surface area contributed by atoms with Crippen molar-refractivity contribution >= 4 is 23.2 Å². The number of esters is 1. The van der Waals surface area contributed by atoms with Crippen molar-refractivity contribution in [3.63, 3.8) is 0 Å². The van der Waals surface area contributed by atoms with E-state index in [0.29, 0.717) is 10.8 Å². The van der Waals surface area contributed by atoms with E-state index in [2.05, 4.69) is 12.2 Å². The minimum atomic E-state index is -0.398. The molecule has 1 atom stereocenters. The maximum absolute atomic E-state index is 11.8. The summed E-state index contributed by atoms with van der Waals surface area (Å²) in [6.07, 6.45) is 3.26. The fraction of sp³-hybridized carbons (Fsp3) is 0.538. The van der Waals surface area contributed by atoms with Gasteiger partial charge in [-0.2, -0.15) is 0 Å². The summed E-state index contributed by atoms with van der Waals surface area (Å²) in [6, 6.07) is 1.92. The van der Waals surface area contributed by atoms with Crippen LogP contribution in [0.25, 0.3) is 0 Å². The van der Waals surface area contributed by atoms with Crippen LogP contribution in [-0.2, 0) is 22.4 Å². The standard InChI is InChI=1S/C13H17NO3S/c1-8-3-4-10-9(5-8)6-11(18-10)13(16)17-7-12(15)14-2/h6,8H,3-5,7H2,1-2H3,(H,14,15)/t8-/m0/s1. The number of hydrogen-bond acceptors (Lipinski definition) is 4. The molecule has 0 saturated carbocycles. The van der Waals surface area contributed by atoms with Gasteiger partial charge in [0.1, 0.15) is 4.88 Å². The first kappa shape index (κ1) is 13.1. The lowest BCUT2D eigenvalue weighted by Gasteiger charge is -2.16. The van der Waals surface area contributed by atoms with Crippen molar-refractivity contribution in [2.24, 2.45) is 5.92 Å². The lowest BCUT2D eigenvalue weighted by molar-refractivity contribution is -0.123. The van der Waals surface area contributed by atoms with Crippen LogP contribution >= 0.6 is 11.3 Å². The number of carbonyl (C=O) groups excluding carboxylic acids is 2. The third-order valence-electron chi connectivity index (χ3n) is 3.14. The van der Waals surface area contributed by atoms with Crippen LogP contribution in [0.3, 0.4) is 0 Å². The molecule has 1 aromatic rings. The van der Waals surface area contributed by atoms with Gasteiger partial charge < -0.3 is 10.1 Å². The van der Waals surface area contributed by atoms with Crippen molar-refractivity contribution in [3.05, 3.63) is 21.4 Å². The minimum absolute atomic E-state index is 0.214. The molecule has 0 radical (unpaired) electrons. The molecule has 0 saturated heterocycles. The smallest absolute Gasteiger partial charge is 0.348 e. The van der Waals surface area contributed by atoms with Crippen LogP contribution in [0.1, 0.15) is 33.5 Å². The van der Waals surface area contributed by atoms with Gasteiger partial charge in [-0.25, -0.2) is 4.79 Å². The summed E-state index contributed by atoms with van der Waals surface area (Å²) in [4.78, 5) is 24.7. The molecule has 0 aliphatic heterocycles. The topological polar surface area (TPSA) is 55.4 Å². The fourth-order valence-electron chi connectivity index (χ4n) is 2.08. The van der Waals surface area contributed by atoms with Crippen molar-refractivity contribution in [2.75, 3.05) is 13.7 Å². The number of carbonyl (C=O) groups is 2. The van der Waals surface area contributed by atoms with Crippen molar-refractivity contribution < 1.29 is 14.3 Å². The number of hydrogen-bond donors (Lipinski definition) is 1. The van der Waals surface area contributed by atoms with Crippen molar-refractivity contribution in [1.82, 2.24) is 5.32 Å². The highest BCUT2D eigenvalue weighted by Gasteiger charge is 2.21. The first-order chi connectivity index (χ1) is 8.60. The number of aryl methyl sites for hydroxylation is 1. The van der Waals surface area contributed by atoms with E-state index in [1.54, 1.807) is 0 Å². The van der Waals surface area contributed by atoms with E-state index in [1.807, 2.05) is 6.07 Å². The highest BCUT2D eigenvalue weighted by molar-refractivity contribution is 7.14. The Labute approximate surface area is 110 Å². The summed E-state index contributed by atoms with van der Waals surface area (Å²) in [5.41, 5.74) is 1.27. The number of ether oxygens (including phenoxy) is 1. The number of thiophene rings is 1. The summed E-state index contributed by atoms with van der Waals surface area (Å²) in [5, 5.41) is 2.41. The Hall–Kier alpha value is -1.36. The fourth-order valence-corrected chi connectivity index (χ4v) is 3.18. The zero-order valence-electron chi connectivity index (χ0n) is 10.6. The first-order valence-corrected chi connectivity index (χ1v) is 6.91. The number of likely N-dealkylation sites (N-methyl/N-ethyl adjacent to an activating group) is 1. The number of rotatable bonds is 3. The summed E-state index contributed by atoms with van der Waals surface area (Å²) >= 11 is 1.50. The molecule has 1 heterocycles. The molecule has 0 aromatic carbocycles. The second-order valence-corrected chi connectivity index (χ2v) is 5.79. The zero-order chi connectivity index (χ0) is 13.1. The highest BCUT2D eigenvalue weighted by atomic mass is 32.1. The van der Waals surface area contributed by atoms with Gasteiger partial charge >= 0.3 is 5.97 Å². The molecule has 1 aromatic heterocycles. The Morgan fingerprint density at radius 2 is 2.33 bits per heavy atom. The van der Waals surface area contributed by atoms with Crippen LogP contribution in [0.2, 0.25) is 0 Å². The van der Waals surface area contributed by atoms with E-state index in [9.17, 15) is 9.59 Å². The van der Waals surface area contributed by atoms with Gasteiger partial charge in [0.05, 0.1) is 0 Å². The SMILES string of the molecule is CNC(=O)COC(=O)c1cc2c(s1)CC[C@H](C)C2. The van der Waals surface area contributed by atoms with Crippen LogP contribution in [0.4, 0.5) is 0 Å². The first-order valence-electron chi connectivity index (χ1n) is 6.09. The molecule has 0 bridgehead atoms. The Morgan fingerprint density at radius 3 is 3.06 bits per heavy atom.